The van der Waals surface area contributed by atoms with Gasteiger partial charge in [-0.2, -0.15) is 0 Å². The van der Waals surface area contributed by atoms with Crippen molar-refractivity contribution in [1.82, 2.24) is 9.88 Å². The van der Waals surface area contributed by atoms with E-state index in [-0.39, 0.29) is 25.1 Å². The predicted octanol–water partition coefficient (Wildman–Crippen LogP) is 5.20. The van der Waals surface area contributed by atoms with Crippen molar-refractivity contribution in [3.63, 3.8) is 0 Å². The summed E-state index contributed by atoms with van der Waals surface area (Å²) in [6.07, 6.45) is -0.119. The number of carbonyl (C=O) groups is 3. The minimum absolute atomic E-state index is 0.0500. The van der Waals surface area contributed by atoms with Gasteiger partial charge >= 0.3 is 17.9 Å². The molecule has 4 rings (SSSR count). The average Bonchev–Trinajstić information content (AvgIpc) is 3.25. The number of hydrogen-bond donors (Lipinski definition) is 5. The monoisotopic (exact) mass is 577 g/mol. The van der Waals surface area contributed by atoms with E-state index in [2.05, 4.69) is 9.88 Å². The lowest BCUT2D eigenvalue weighted by atomic mass is 9.98. The number of H-pyrrole nitrogens is 1. The van der Waals surface area contributed by atoms with Crippen LogP contribution in [0.5, 0.6) is 5.88 Å². The number of aromatic nitrogens is 1. The van der Waals surface area contributed by atoms with Gasteiger partial charge in [-0.05, 0) is 62.0 Å². The number of carboxylic acids is 3. The zero-order chi connectivity index (χ0) is 30.8. The Bertz CT molecular complexity index is 1560. The molecule has 5 N–H and O–H groups in total. The molecule has 0 saturated heterocycles. The molecular weight excluding hydrogens is 545 g/mol. The Morgan fingerprint density at radius 1 is 0.810 bits per heavy atom. The van der Waals surface area contributed by atoms with Crippen LogP contribution in [0.3, 0.4) is 0 Å². The first-order valence-electron chi connectivity index (χ1n) is 13.0. The van der Waals surface area contributed by atoms with Gasteiger partial charge in [-0.3, -0.25) is 14.4 Å². The lowest BCUT2D eigenvalue weighted by Gasteiger charge is -2.11. The summed E-state index contributed by atoms with van der Waals surface area (Å²) in [6.45, 7) is 0.809. The smallest absolute Gasteiger partial charge is 0.303 e. The minimum Gasteiger partial charge on any atom is -0.494 e. The molecule has 42 heavy (non-hydrogen) atoms. The van der Waals surface area contributed by atoms with Crippen molar-refractivity contribution in [2.45, 2.75) is 32.2 Å². The molecule has 0 spiro atoms. The van der Waals surface area contributed by atoms with Crippen LogP contribution in [-0.2, 0) is 27.3 Å². The van der Waals surface area contributed by atoms with Gasteiger partial charge in [0.2, 0.25) is 0 Å². The van der Waals surface area contributed by atoms with Crippen LogP contribution in [0.2, 0.25) is 0 Å². The maximum Gasteiger partial charge on any atom is 0.303 e. The van der Waals surface area contributed by atoms with E-state index in [0.717, 1.165) is 23.2 Å². The van der Waals surface area contributed by atoms with E-state index in [4.69, 9.17) is 20.3 Å². The number of fused-ring (bicyclic) bond motifs is 1. The Morgan fingerprint density at radius 3 is 1.93 bits per heavy atom. The summed E-state index contributed by atoms with van der Waals surface area (Å²) in [5.41, 5.74) is 4.98. The molecule has 0 aliphatic carbocycles. The van der Waals surface area contributed by atoms with Crippen molar-refractivity contribution in [3.8, 4) is 5.88 Å². The van der Waals surface area contributed by atoms with E-state index in [1.807, 2.05) is 62.6 Å². The molecule has 3 aromatic carbocycles. The maximum atomic E-state index is 13.8. The van der Waals surface area contributed by atoms with Gasteiger partial charge in [-0.25, -0.2) is 9.38 Å². The third-order valence-electron chi connectivity index (χ3n) is 6.06. The normalized spacial score (nSPS) is 11.3. The van der Waals surface area contributed by atoms with Gasteiger partial charge in [-0.1, -0.05) is 36.4 Å². The number of nitrogens with zero attached hydrogens (tertiary/aromatic N) is 2. The summed E-state index contributed by atoms with van der Waals surface area (Å²) in [4.78, 5) is 40.0. The van der Waals surface area contributed by atoms with Gasteiger partial charge in [0.1, 0.15) is 5.82 Å². The van der Waals surface area contributed by atoms with Crippen molar-refractivity contribution in [2.24, 2.45) is 4.99 Å². The summed E-state index contributed by atoms with van der Waals surface area (Å²) in [5.74, 6) is -3.50. The van der Waals surface area contributed by atoms with E-state index >= 15 is 0 Å². The quantitative estimate of drug-likeness (QED) is 0.152. The Hall–Kier alpha value is -5.03. The fourth-order valence-corrected chi connectivity index (χ4v) is 4.12. The largest absolute Gasteiger partial charge is 0.494 e. The summed E-state index contributed by atoms with van der Waals surface area (Å²) in [6, 6.07) is 19.6. The van der Waals surface area contributed by atoms with Crippen molar-refractivity contribution >= 4 is 40.2 Å². The fourth-order valence-electron chi connectivity index (χ4n) is 4.12. The number of halogens is 1. The summed E-state index contributed by atoms with van der Waals surface area (Å²) >= 11 is 0. The van der Waals surface area contributed by atoms with E-state index < -0.39 is 23.7 Å². The first-order chi connectivity index (χ1) is 19.9. The van der Waals surface area contributed by atoms with Crippen LogP contribution in [0.1, 0.15) is 41.5 Å². The molecule has 220 valence electrons. The maximum absolute atomic E-state index is 13.8. The molecule has 0 amide bonds. The van der Waals surface area contributed by atoms with Gasteiger partial charge in [0.15, 0.2) is 5.88 Å². The lowest BCUT2D eigenvalue weighted by molar-refractivity contribution is -0.143. The van der Waals surface area contributed by atoms with Gasteiger partial charge in [-0.15, -0.1) is 0 Å². The molecule has 1 heterocycles. The van der Waals surface area contributed by atoms with Crippen LogP contribution in [0.4, 0.5) is 10.1 Å². The molecule has 0 aliphatic rings. The molecule has 0 saturated carbocycles. The SMILES string of the molecule is CN(C)Cc1ccc(N=C(c2ccc(CCC(=O)O)cc2)c2c(O)[nH]c3cc(F)ccc23)cc1.O=C(O)CCC(=O)O. The number of aromatic amines is 1. The highest BCUT2D eigenvalue weighted by molar-refractivity contribution is 6.21. The molecule has 0 fully saturated rings. The zero-order valence-corrected chi connectivity index (χ0v) is 23.2. The predicted molar refractivity (Wildman–Crippen MR) is 156 cm³/mol. The number of benzene rings is 3. The first kappa shape index (κ1) is 31.5. The highest BCUT2D eigenvalue weighted by Gasteiger charge is 2.19. The van der Waals surface area contributed by atoms with Crippen LogP contribution < -0.4 is 0 Å². The number of aryl methyl sites for hydroxylation is 1. The highest BCUT2D eigenvalue weighted by atomic mass is 19.1. The molecule has 0 atom stereocenters. The van der Waals surface area contributed by atoms with Gasteiger partial charge < -0.3 is 30.3 Å². The number of rotatable bonds is 11. The minimum atomic E-state index is -1.08. The second-order valence-corrected chi connectivity index (χ2v) is 9.78. The second kappa shape index (κ2) is 14.6. The van der Waals surface area contributed by atoms with Crippen molar-refractivity contribution in [1.29, 1.82) is 0 Å². The van der Waals surface area contributed by atoms with Crippen LogP contribution in [-0.4, -0.2) is 68.0 Å². The molecule has 11 heteroatoms. The van der Waals surface area contributed by atoms with E-state index in [1.54, 1.807) is 6.07 Å². The molecule has 0 bridgehead atoms. The summed E-state index contributed by atoms with van der Waals surface area (Å²) in [5, 5.41) is 36.1. The highest BCUT2D eigenvalue weighted by Crippen LogP contribution is 2.32. The van der Waals surface area contributed by atoms with E-state index in [9.17, 15) is 23.9 Å². The van der Waals surface area contributed by atoms with Gasteiger partial charge in [0.05, 0.1) is 35.3 Å². The summed E-state index contributed by atoms with van der Waals surface area (Å²) < 4.78 is 13.8. The van der Waals surface area contributed by atoms with Crippen molar-refractivity contribution in [3.05, 3.63) is 94.8 Å². The molecular formula is C31H32FN3O7. The third kappa shape index (κ3) is 9.27. The topological polar surface area (TPSA) is 164 Å². The summed E-state index contributed by atoms with van der Waals surface area (Å²) in [7, 11) is 4.01. The molecule has 10 nitrogen and oxygen atoms in total. The number of hydrogen-bond acceptors (Lipinski definition) is 6. The van der Waals surface area contributed by atoms with Crippen LogP contribution >= 0.6 is 0 Å². The Morgan fingerprint density at radius 2 is 1.38 bits per heavy atom. The van der Waals surface area contributed by atoms with E-state index in [1.165, 1.54) is 12.1 Å². The van der Waals surface area contributed by atoms with Gasteiger partial charge in [0.25, 0.3) is 0 Å². The molecule has 1 aromatic heterocycles. The number of nitrogens with one attached hydrogen (secondary N) is 1. The Kier molecular flexibility index (Phi) is 10.9. The zero-order valence-electron chi connectivity index (χ0n) is 23.2. The van der Waals surface area contributed by atoms with Crippen LogP contribution in [0, 0.1) is 5.82 Å². The third-order valence-corrected chi connectivity index (χ3v) is 6.06. The second-order valence-electron chi connectivity index (χ2n) is 9.78. The molecule has 4 aromatic rings. The number of aromatic hydroxyl groups is 1. The number of carboxylic acid groups (broad SMARTS) is 3. The molecule has 0 aliphatic heterocycles. The van der Waals surface area contributed by atoms with Crippen molar-refractivity contribution < 1.29 is 39.2 Å². The molecule has 0 unspecified atom stereocenters. The molecule has 0 radical (unpaired) electrons. The standard InChI is InChI=1S/C27H26FN3O3.C4H6O4/c1-31(2)16-18-5-11-21(12-6-18)29-26(19-8-3-17(4-9-19)7-14-24(32)33)25-22-13-10-20(28)15-23(22)30-27(25)34;5-3(6)1-2-4(7)8/h3-6,8-13,15,30,34H,7,14,16H2,1-2H3,(H,32,33);1-2H2,(H,5,6)(H,7,8). The average molecular weight is 578 g/mol. The van der Waals surface area contributed by atoms with Gasteiger partial charge in [0, 0.05) is 23.9 Å². The Labute approximate surface area is 241 Å². The van der Waals surface area contributed by atoms with Crippen LogP contribution in [0.25, 0.3) is 10.9 Å². The first-order valence-corrected chi connectivity index (χ1v) is 13.0. The fraction of sp³-hybridized carbons (Fsp3) is 0.226. The van der Waals surface area contributed by atoms with Crippen LogP contribution in [0.15, 0.2) is 71.7 Å². The van der Waals surface area contributed by atoms with Crippen molar-refractivity contribution in [2.75, 3.05) is 14.1 Å². The van der Waals surface area contributed by atoms with E-state index in [0.29, 0.717) is 34.3 Å². The lowest BCUT2D eigenvalue weighted by Crippen LogP contribution is -2.10. The number of aliphatic carboxylic acids is 3. The Balaban J connectivity index is 0.000000531. The number of aliphatic imine (C=N–C) groups is 1.